The van der Waals surface area contributed by atoms with Crippen molar-refractivity contribution in [1.29, 1.82) is 5.26 Å². The summed E-state index contributed by atoms with van der Waals surface area (Å²) in [5.41, 5.74) is 2.24. The van der Waals surface area contributed by atoms with Crippen molar-refractivity contribution in [3.8, 4) is 11.8 Å². The van der Waals surface area contributed by atoms with Gasteiger partial charge in [0.2, 0.25) is 5.78 Å². The highest BCUT2D eigenvalue weighted by Crippen LogP contribution is 2.22. The Labute approximate surface area is 136 Å². The lowest BCUT2D eigenvalue weighted by molar-refractivity contribution is 0.104. The van der Waals surface area contributed by atoms with Gasteiger partial charge in [-0.2, -0.15) is 5.26 Å². The normalized spacial score (nSPS) is 10.7. The summed E-state index contributed by atoms with van der Waals surface area (Å²) in [5, 5.41) is 9.36. The molecule has 2 aromatic rings. The molecule has 0 aliphatic heterocycles. The van der Waals surface area contributed by atoms with E-state index in [9.17, 15) is 10.1 Å². The fraction of sp³-hybridized carbons (Fsp3) is 0.100. The summed E-state index contributed by atoms with van der Waals surface area (Å²) in [6.45, 7) is 5.88. The number of rotatable bonds is 6. The maximum atomic E-state index is 12.5. The molecule has 0 aromatic heterocycles. The zero-order chi connectivity index (χ0) is 16.7. The molecule has 0 saturated carbocycles. The molecule has 0 heterocycles. The van der Waals surface area contributed by atoms with Gasteiger partial charge in [0.05, 0.1) is 0 Å². The minimum absolute atomic E-state index is 0.0743. The molecule has 23 heavy (non-hydrogen) atoms. The summed E-state index contributed by atoms with van der Waals surface area (Å²) in [6, 6.07) is 16.4. The van der Waals surface area contributed by atoms with E-state index in [1.165, 1.54) is 0 Å². The van der Waals surface area contributed by atoms with Gasteiger partial charge < -0.3 is 4.74 Å². The van der Waals surface area contributed by atoms with Crippen LogP contribution in [0.2, 0.25) is 0 Å². The van der Waals surface area contributed by atoms with Gasteiger partial charge in [-0.05, 0) is 25.1 Å². The fourth-order valence-corrected chi connectivity index (χ4v) is 2.13. The third-order valence-corrected chi connectivity index (χ3v) is 3.22. The lowest BCUT2D eigenvalue weighted by Gasteiger charge is -2.07. The molecule has 2 rings (SSSR count). The van der Waals surface area contributed by atoms with Gasteiger partial charge in [0, 0.05) is 11.1 Å². The van der Waals surface area contributed by atoms with Crippen molar-refractivity contribution < 1.29 is 9.53 Å². The summed E-state index contributed by atoms with van der Waals surface area (Å²) >= 11 is 0. The topological polar surface area (TPSA) is 50.1 Å². The molecule has 0 N–H and O–H groups in total. The lowest BCUT2D eigenvalue weighted by Crippen LogP contribution is -2.02. The van der Waals surface area contributed by atoms with Crippen LogP contribution in [0.15, 0.2) is 66.8 Å². The summed E-state index contributed by atoms with van der Waals surface area (Å²) in [6.07, 6.45) is 3.20. The van der Waals surface area contributed by atoms with Crippen molar-refractivity contribution in [1.82, 2.24) is 0 Å². The van der Waals surface area contributed by atoms with E-state index in [2.05, 4.69) is 6.58 Å². The second kappa shape index (κ2) is 7.77. The van der Waals surface area contributed by atoms with Crippen molar-refractivity contribution >= 4 is 11.9 Å². The molecular weight excluding hydrogens is 286 g/mol. The monoisotopic (exact) mass is 303 g/mol. The van der Waals surface area contributed by atoms with Crippen molar-refractivity contribution in [2.75, 3.05) is 6.61 Å². The predicted octanol–water partition coefficient (Wildman–Crippen LogP) is 4.35. The summed E-state index contributed by atoms with van der Waals surface area (Å²) in [4.78, 5) is 12.5. The standard InChI is InChI=1S/C20H17NO2/c1-3-11-23-19-10-5-4-8-16(19)13-18(14-21)20(22)17-9-6-7-15(2)12-17/h3-10,12-13H,1,11H2,2H3/b18-13+. The molecule has 0 aliphatic rings. The number of hydrogen-bond donors (Lipinski definition) is 0. The number of nitriles is 1. The molecule has 114 valence electrons. The lowest BCUT2D eigenvalue weighted by atomic mass is 10.0. The smallest absolute Gasteiger partial charge is 0.203 e. The van der Waals surface area contributed by atoms with Crippen LogP contribution < -0.4 is 4.74 Å². The molecule has 0 aliphatic carbocycles. The first kappa shape index (κ1) is 16.3. The van der Waals surface area contributed by atoms with E-state index in [0.29, 0.717) is 23.5 Å². The SMILES string of the molecule is C=CCOc1ccccc1/C=C(\C#N)C(=O)c1cccc(C)c1. The molecule has 3 nitrogen and oxygen atoms in total. The first-order valence-electron chi connectivity index (χ1n) is 7.21. The summed E-state index contributed by atoms with van der Waals surface area (Å²) in [7, 11) is 0. The number of Topliss-reactive ketones (excluding diaryl/α,β-unsaturated/α-hetero) is 1. The summed E-state index contributed by atoms with van der Waals surface area (Å²) < 4.78 is 5.55. The van der Waals surface area contributed by atoms with Crippen molar-refractivity contribution in [3.63, 3.8) is 0 Å². The molecule has 0 radical (unpaired) electrons. The summed E-state index contributed by atoms with van der Waals surface area (Å²) in [5.74, 6) is 0.312. The molecule has 0 unspecified atom stereocenters. The molecule has 0 saturated heterocycles. The number of ether oxygens (including phenoxy) is 1. The Morgan fingerprint density at radius 3 is 2.74 bits per heavy atom. The molecule has 0 atom stereocenters. The second-order valence-electron chi connectivity index (χ2n) is 5.01. The number of allylic oxidation sites excluding steroid dienone is 1. The van der Waals surface area contributed by atoms with Gasteiger partial charge in [-0.3, -0.25) is 4.79 Å². The minimum Gasteiger partial charge on any atom is -0.489 e. The number of ketones is 1. The van der Waals surface area contributed by atoms with Crippen LogP contribution in [0.4, 0.5) is 0 Å². The maximum absolute atomic E-state index is 12.5. The Morgan fingerprint density at radius 1 is 1.26 bits per heavy atom. The van der Waals surface area contributed by atoms with E-state index in [-0.39, 0.29) is 11.4 Å². The highest BCUT2D eigenvalue weighted by Gasteiger charge is 2.13. The van der Waals surface area contributed by atoms with E-state index in [4.69, 9.17) is 4.74 Å². The van der Waals surface area contributed by atoms with Gasteiger partial charge in [0.25, 0.3) is 0 Å². The molecule has 0 spiro atoms. The van der Waals surface area contributed by atoms with Crippen LogP contribution in [0.5, 0.6) is 5.75 Å². The zero-order valence-electron chi connectivity index (χ0n) is 13.0. The number of aryl methyl sites for hydroxylation is 1. The highest BCUT2D eigenvalue weighted by molar-refractivity contribution is 6.14. The number of carbonyl (C=O) groups excluding carboxylic acids is 1. The first-order chi connectivity index (χ1) is 11.2. The van der Waals surface area contributed by atoms with E-state index in [0.717, 1.165) is 5.56 Å². The van der Waals surface area contributed by atoms with Gasteiger partial charge in [-0.1, -0.05) is 54.6 Å². The fourth-order valence-electron chi connectivity index (χ4n) is 2.13. The van der Waals surface area contributed by atoms with Crippen molar-refractivity contribution in [2.24, 2.45) is 0 Å². The zero-order valence-corrected chi connectivity index (χ0v) is 13.0. The van der Waals surface area contributed by atoms with Crippen LogP contribution in [-0.4, -0.2) is 12.4 Å². The minimum atomic E-state index is -0.297. The van der Waals surface area contributed by atoms with E-state index in [1.807, 2.05) is 31.2 Å². The molecular formula is C20H17NO2. The van der Waals surface area contributed by atoms with Gasteiger partial charge in [0.1, 0.15) is 24.0 Å². The molecule has 0 amide bonds. The van der Waals surface area contributed by atoms with E-state index in [1.54, 1.807) is 42.5 Å². The average molecular weight is 303 g/mol. The number of carbonyl (C=O) groups is 1. The van der Waals surface area contributed by atoms with Crippen LogP contribution in [0, 0.1) is 18.3 Å². The van der Waals surface area contributed by atoms with Crippen molar-refractivity contribution in [2.45, 2.75) is 6.92 Å². The quantitative estimate of drug-likeness (QED) is 0.345. The average Bonchev–Trinajstić information content (AvgIpc) is 2.58. The Bertz CT molecular complexity index is 797. The predicted molar refractivity (Wildman–Crippen MR) is 91.2 cm³/mol. The van der Waals surface area contributed by atoms with Crippen LogP contribution in [0.3, 0.4) is 0 Å². The molecule has 0 fully saturated rings. The highest BCUT2D eigenvalue weighted by atomic mass is 16.5. The Morgan fingerprint density at radius 2 is 2.04 bits per heavy atom. The van der Waals surface area contributed by atoms with Gasteiger partial charge in [-0.15, -0.1) is 0 Å². The van der Waals surface area contributed by atoms with Crippen molar-refractivity contribution in [3.05, 3.63) is 83.4 Å². The molecule has 2 aromatic carbocycles. The van der Waals surface area contributed by atoms with Crippen LogP contribution >= 0.6 is 0 Å². The molecule has 3 heteroatoms. The number of para-hydroxylation sites is 1. The molecule has 0 bridgehead atoms. The number of hydrogen-bond acceptors (Lipinski definition) is 3. The van der Waals surface area contributed by atoms with Gasteiger partial charge in [-0.25, -0.2) is 0 Å². The maximum Gasteiger partial charge on any atom is 0.203 e. The van der Waals surface area contributed by atoms with Gasteiger partial charge >= 0.3 is 0 Å². The Kier molecular flexibility index (Phi) is 5.49. The number of benzene rings is 2. The van der Waals surface area contributed by atoms with Crippen LogP contribution in [-0.2, 0) is 0 Å². The largest absolute Gasteiger partial charge is 0.489 e. The number of nitrogens with zero attached hydrogens (tertiary/aromatic N) is 1. The second-order valence-corrected chi connectivity index (χ2v) is 5.01. The third kappa shape index (κ3) is 4.18. The third-order valence-electron chi connectivity index (χ3n) is 3.22. The Balaban J connectivity index is 2.38. The van der Waals surface area contributed by atoms with Gasteiger partial charge in [0.15, 0.2) is 0 Å². The first-order valence-corrected chi connectivity index (χ1v) is 7.21. The van der Waals surface area contributed by atoms with E-state index < -0.39 is 0 Å². The van der Waals surface area contributed by atoms with E-state index >= 15 is 0 Å². The Hall–Kier alpha value is -3.12. The van der Waals surface area contributed by atoms with Crippen LogP contribution in [0.1, 0.15) is 21.5 Å². The van der Waals surface area contributed by atoms with Crippen LogP contribution in [0.25, 0.3) is 6.08 Å².